The summed E-state index contributed by atoms with van der Waals surface area (Å²) >= 11 is 0. The molecule has 0 aromatic heterocycles. The average Bonchev–Trinajstić information content (AvgIpc) is 2.30. The molecule has 0 atom stereocenters. The van der Waals surface area contributed by atoms with Gasteiger partial charge in [-0.25, -0.2) is 0 Å². The van der Waals surface area contributed by atoms with E-state index in [0.29, 0.717) is 5.46 Å². The zero-order valence-electron chi connectivity index (χ0n) is 9.43. The van der Waals surface area contributed by atoms with Crippen LogP contribution >= 0.6 is 0 Å². The fourth-order valence-electron chi connectivity index (χ4n) is 1.90. The van der Waals surface area contributed by atoms with Gasteiger partial charge >= 0.3 is 7.12 Å². The van der Waals surface area contributed by atoms with E-state index in [2.05, 4.69) is 18.0 Å². The Morgan fingerprint density at radius 1 is 1.19 bits per heavy atom. The summed E-state index contributed by atoms with van der Waals surface area (Å²) < 4.78 is 0. The van der Waals surface area contributed by atoms with Gasteiger partial charge in [0, 0.05) is 13.1 Å². The third kappa shape index (κ3) is 2.53. The number of nitrogens with zero attached hydrogens (tertiary/aromatic N) is 1. The first-order valence-electron chi connectivity index (χ1n) is 5.51. The van der Waals surface area contributed by atoms with Crippen molar-refractivity contribution in [3.63, 3.8) is 0 Å². The van der Waals surface area contributed by atoms with Gasteiger partial charge in [-0.1, -0.05) is 30.3 Å². The van der Waals surface area contributed by atoms with Crippen LogP contribution < -0.4 is 5.46 Å². The molecular formula is C12H16BNO2. The van der Waals surface area contributed by atoms with Gasteiger partial charge in [0.2, 0.25) is 0 Å². The fraction of sp³-hybridized carbons (Fsp3) is 0.333. The third-order valence-electron chi connectivity index (χ3n) is 2.99. The lowest BCUT2D eigenvalue weighted by atomic mass is 9.79. The maximum atomic E-state index is 8.99. The van der Waals surface area contributed by atoms with Crippen LogP contribution in [0.5, 0.6) is 0 Å². The highest BCUT2D eigenvalue weighted by Crippen LogP contribution is 2.20. The van der Waals surface area contributed by atoms with E-state index in [-0.39, 0.29) is 0 Å². The quantitative estimate of drug-likeness (QED) is 0.690. The predicted octanol–water partition coefficient (Wildman–Crippen LogP) is 0.0853. The van der Waals surface area contributed by atoms with Crippen LogP contribution in [0.1, 0.15) is 12.0 Å². The van der Waals surface area contributed by atoms with Crippen molar-refractivity contribution in [2.75, 3.05) is 20.1 Å². The molecule has 2 N–H and O–H groups in total. The molecule has 2 rings (SSSR count). The second-order valence-electron chi connectivity index (χ2n) is 4.24. The Balaban J connectivity index is 2.16. The van der Waals surface area contributed by atoms with E-state index in [4.69, 9.17) is 10.0 Å². The van der Waals surface area contributed by atoms with E-state index >= 15 is 0 Å². The number of hydrogen-bond donors (Lipinski definition) is 2. The molecule has 1 aliphatic heterocycles. The monoisotopic (exact) mass is 217 g/mol. The van der Waals surface area contributed by atoms with Crippen molar-refractivity contribution in [2.45, 2.75) is 6.42 Å². The first-order chi connectivity index (χ1) is 7.66. The molecule has 0 fully saturated rings. The van der Waals surface area contributed by atoms with Crippen molar-refractivity contribution >= 4 is 18.2 Å². The molecule has 1 heterocycles. The van der Waals surface area contributed by atoms with Gasteiger partial charge in [-0.05, 0) is 30.1 Å². The Labute approximate surface area is 96.2 Å². The van der Waals surface area contributed by atoms with Crippen LogP contribution in [0, 0.1) is 0 Å². The fourth-order valence-corrected chi connectivity index (χ4v) is 1.90. The number of likely N-dealkylation sites (N-methyl/N-ethyl adjacent to an activating group) is 1. The van der Waals surface area contributed by atoms with Crippen molar-refractivity contribution in [1.82, 2.24) is 4.90 Å². The Kier molecular flexibility index (Phi) is 3.44. The van der Waals surface area contributed by atoms with Crippen molar-refractivity contribution in [1.29, 1.82) is 0 Å². The topological polar surface area (TPSA) is 43.7 Å². The molecule has 0 bridgehead atoms. The molecular weight excluding hydrogens is 201 g/mol. The first kappa shape index (κ1) is 11.4. The standard InChI is InChI=1S/C12H16BNO2/c1-14-8-6-11(7-9-14)10-2-4-12(5-3-10)13(15)16/h2-6,15-16H,7-9H2,1H3. The van der Waals surface area contributed by atoms with Gasteiger partial charge in [0.1, 0.15) is 0 Å². The van der Waals surface area contributed by atoms with Gasteiger partial charge in [-0.3, -0.25) is 0 Å². The Hall–Kier alpha value is -1.10. The van der Waals surface area contributed by atoms with Crippen molar-refractivity contribution in [3.05, 3.63) is 35.9 Å². The summed E-state index contributed by atoms with van der Waals surface area (Å²) in [6.07, 6.45) is 3.28. The SMILES string of the molecule is CN1CC=C(c2ccc(B(O)O)cc2)CC1. The summed E-state index contributed by atoms with van der Waals surface area (Å²) in [6, 6.07) is 7.43. The van der Waals surface area contributed by atoms with Gasteiger partial charge in [0.05, 0.1) is 0 Å². The number of benzene rings is 1. The van der Waals surface area contributed by atoms with E-state index in [1.165, 1.54) is 11.1 Å². The highest BCUT2D eigenvalue weighted by Gasteiger charge is 2.12. The molecule has 0 saturated heterocycles. The molecule has 0 aliphatic carbocycles. The molecule has 1 aromatic rings. The molecule has 0 spiro atoms. The zero-order chi connectivity index (χ0) is 11.5. The molecule has 0 amide bonds. The Bertz CT molecular complexity index is 387. The molecule has 16 heavy (non-hydrogen) atoms. The van der Waals surface area contributed by atoms with Crippen LogP contribution in [0.15, 0.2) is 30.3 Å². The zero-order valence-corrected chi connectivity index (χ0v) is 9.43. The smallest absolute Gasteiger partial charge is 0.423 e. The van der Waals surface area contributed by atoms with E-state index in [0.717, 1.165) is 19.5 Å². The van der Waals surface area contributed by atoms with E-state index in [9.17, 15) is 0 Å². The molecule has 0 unspecified atom stereocenters. The van der Waals surface area contributed by atoms with Gasteiger partial charge in [0.25, 0.3) is 0 Å². The van der Waals surface area contributed by atoms with Gasteiger partial charge in [0.15, 0.2) is 0 Å². The van der Waals surface area contributed by atoms with Crippen molar-refractivity contribution in [2.24, 2.45) is 0 Å². The van der Waals surface area contributed by atoms with E-state index in [1.807, 2.05) is 12.1 Å². The minimum atomic E-state index is -1.37. The number of hydrogen-bond acceptors (Lipinski definition) is 3. The van der Waals surface area contributed by atoms with Gasteiger partial charge in [-0.15, -0.1) is 0 Å². The van der Waals surface area contributed by atoms with Crippen LogP contribution in [0.25, 0.3) is 5.57 Å². The van der Waals surface area contributed by atoms with Crippen LogP contribution in [0.3, 0.4) is 0 Å². The minimum Gasteiger partial charge on any atom is -0.423 e. The molecule has 0 radical (unpaired) electrons. The lowest BCUT2D eigenvalue weighted by Crippen LogP contribution is -2.29. The Morgan fingerprint density at radius 3 is 2.38 bits per heavy atom. The lowest BCUT2D eigenvalue weighted by Gasteiger charge is -2.22. The van der Waals surface area contributed by atoms with Crippen LogP contribution in [-0.4, -0.2) is 42.2 Å². The highest BCUT2D eigenvalue weighted by molar-refractivity contribution is 6.58. The predicted molar refractivity (Wildman–Crippen MR) is 66.4 cm³/mol. The maximum absolute atomic E-state index is 8.99. The first-order valence-corrected chi connectivity index (χ1v) is 5.51. The second kappa shape index (κ2) is 4.83. The molecule has 1 aromatic carbocycles. The number of rotatable bonds is 2. The van der Waals surface area contributed by atoms with Crippen LogP contribution in [0.4, 0.5) is 0 Å². The third-order valence-corrected chi connectivity index (χ3v) is 2.99. The Morgan fingerprint density at radius 2 is 1.88 bits per heavy atom. The summed E-state index contributed by atoms with van der Waals surface area (Å²) in [7, 11) is 0.735. The molecule has 3 nitrogen and oxygen atoms in total. The molecule has 1 aliphatic rings. The van der Waals surface area contributed by atoms with Crippen LogP contribution in [-0.2, 0) is 0 Å². The highest BCUT2D eigenvalue weighted by atomic mass is 16.4. The van der Waals surface area contributed by atoms with Gasteiger partial charge < -0.3 is 14.9 Å². The van der Waals surface area contributed by atoms with Crippen LogP contribution in [0.2, 0.25) is 0 Å². The molecule has 84 valence electrons. The van der Waals surface area contributed by atoms with Crippen molar-refractivity contribution in [3.8, 4) is 0 Å². The summed E-state index contributed by atoms with van der Waals surface area (Å²) in [5.74, 6) is 0. The second-order valence-corrected chi connectivity index (χ2v) is 4.24. The molecule has 0 saturated carbocycles. The summed E-state index contributed by atoms with van der Waals surface area (Å²) in [5.41, 5.74) is 3.06. The lowest BCUT2D eigenvalue weighted by molar-refractivity contribution is 0.370. The average molecular weight is 217 g/mol. The normalized spacial score (nSPS) is 17.1. The van der Waals surface area contributed by atoms with Gasteiger partial charge in [-0.2, -0.15) is 0 Å². The minimum absolute atomic E-state index is 0.539. The largest absolute Gasteiger partial charge is 0.488 e. The molecule has 4 heteroatoms. The van der Waals surface area contributed by atoms with Crippen molar-refractivity contribution < 1.29 is 10.0 Å². The maximum Gasteiger partial charge on any atom is 0.488 e. The summed E-state index contributed by atoms with van der Waals surface area (Å²) in [6.45, 7) is 2.07. The van der Waals surface area contributed by atoms with E-state index in [1.54, 1.807) is 12.1 Å². The summed E-state index contributed by atoms with van der Waals surface area (Å²) in [4.78, 5) is 2.27. The van der Waals surface area contributed by atoms with E-state index < -0.39 is 7.12 Å². The summed E-state index contributed by atoms with van der Waals surface area (Å²) in [5, 5.41) is 18.0.